The minimum Gasteiger partial charge on any atom is -0.497 e. The molecule has 4 nitrogen and oxygen atoms in total. The van der Waals surface area contributed by atoms with Crippen LogP contribution in [0.15, 0.2) is 71.7 Å². The van der Waals surface area contributed by atoms with Gasteiger partial charge in [0.25, 0.3) is 0 Å². The van der Waals surface area contributed by atoms with Crippen LogP contribution in [0.3, 0.4) is 0 Å². The first kappa shape index (κ1) is 17.7. The third-order valence-corrected chi connectivity index (χ3v) is 3.87. The first-order valence-corrected chi connectivity index (χ1v) is 8.49. The molecule has 0 saturated heterocycles. The molecule has 4 heteroatoms. The number of esters is 1. The second-order valence-corrected chi connectivity index (χ2v) is 6.17. The lowest BCUT2D eigenvalue weighted by atomic mass is 10.0. The van der Waals surface area contributed by atoms with E-state index >= 15 is 0 Å². The van der Waals surface area contributed by atoms with Crippen molar-refractivity contribution >= 4 is 28.1 Å². The maximum absolute atomic E-state index is 12.6. The van der Waals surface area contributed by atoms with Crippen molar-refractivity contribution in [2.24, 2.45) is 4.99 Å². The van der Waals surface area contributed by atoms with E-state index in [4.69, 9.17) is 9.47 Å². The summed E-state index contributed by atoms with van der Waals surface area (Å²) in [6, 6.07) is 21.1. The first-order valence-electron chi connectivity index (χ1n) is 8.49. The Morgan fingerprint density at radius 1 is 0.923 bits per heavy atom. The van der Waals surface area contributed by atoms with Crippen LogP contribution in [-0.2, 0) is 9.53 Å². The molecular formula is C22H21NO3. The third-order valence-electron chi connectivity index (χ3n) is 3.87. The lowest BCUT2D eigenvalue weighted by molar-refractivity contribution is -0.138. The van der Waals surface area contributed by atoms with Crippen LogP contribution in [-0.4, -0.2) is 24.9 Å². The number of hydrogen-bond donors (Lipinski definition) is 0. The van der Waals surface area contributed by atoms with Crippen molar-refractivity contribution in [2.75, 3.05) is 7.11 Å². The highest BCUT2D eigenvalue weighted by molar-refractivity contribution is 6.44. The largest absolute Gasteiger partial charge is 0.497 e. The molecule has 0 aliphatic rings. The van der Waals surface area contributed by atoms with Crippen molar-refractivity contribution in [1.29, 1.82) is 0 Å². The van der Waals surface area contributed by atoms with E-state index in [-0.39, 0.29) is 11.8 Å². The average Bonchev–Trinajstić information content (AvgIpc) is 2.65. The fourth-order valence-electron chi connectivity index (χ4n) is 2.62. The summed E-state index contributed by atoms with van der Waals surface area (Å²) in [5.41, 5.74) is 1.68. The molecular weight excluding hydrogens is 326 g/mol. The van der Waals surface area contributed by atoms with Crippen molar-refractivity contribution in [3.63, 3.8) is 0 Å². The van der Waals surface area contributed by atoms with Gasteiger partial charge >= 0.3 is 5.97 Å². The summed E-state index contributed by atoms with van der Waals surface area (Å²) >= 11 is 0. The Morgan fingerprint density at radius 2 is 1.62 bits per heavy atom. The standard InChI is InChI=1S/C22H21NO3/c1-15(2)26-22(24)21(23-19-10-12-20(25-3)13-11-19)18-9-8-16-6-4-5-7-17(16)14-18/h4-15H,1-3H3. The van der Waals surface area contributed by atoms with Crippen molar-refractivity contribution in [3.05, 3.63) is 72.3 Å². The minimum atomic E-state index is -0.439. The molecule has 0 heterocycles. The second kappa shape index (κ2) is 7.83. The van der Waals surface area contributed by atoms with E-state index in [2.05, 4.69) is 4.99 Å². The molecule has 0 saturated carbocycles. The molecule has 0 atom stereocenters. The van der Waals surface area contributed by atoms with Crippen LogP contribution in [0.25, 0.3) is 10.8 Å². The van der Waals surface area contributed by atoms with Crippen LogP contribution in [0.1, 0.15) is 19.4 Å². The summed E-state index contributed by atoms with van der Waals surface area (Å²) in [5.74, 6) is 0.298. The highest BCUT2D eigenvalue weighted by atomic mass is 16.5. The molecule has 3 aromatic rings. The number of benzene rings is 3. The lowest BCUT2D eigenvalue weighted by Crippen LogP contribution is -2.22. The van der Waals surface area contributed by atoms with E-state index in [1.165, 1.54) is 0 Å². The average molecular weight is 347 g/mol. The van der Waals surface area contributed by atoms with Gasteiger partial charge in [0.15, 0.2) is 5.71 Å². The number of ether oxygens (including phenoxy) is 2. The van der Waals surface area contributed by atoms with Gasteiger partial charge in [-0.25, -0.2) is 9.79 Å². The van der Waals surface area contributed by atoms with Crippen molar-refractivity contribution < 1.29 is 14.3 Å². The molecule has 0 aliphatic heterocycles. The summed E-state index contributed by atoms with van der Waals surface area (Å²) < 4.78 is 10.6. The van der Waals surface area contributed by atoms with Crippen LogP contribution in [0.5, 0.6) is 5.75 Å². The predicted molar refractivity (Wildman–Crippen MR) is 104 cm³/mol. The summed E-state index contributed by atoms with van der Waals surface area (Å²) in [6.45, 7) is 3.65. The number of fused-ring (bicyclic) bond motifs is 1. The maximum atomic E-state index is 12.6. The minimum absolute atomic E-state index is 0.218. The SMILES string of the molecule is COc1ccc(N=C(C(=O)OC(C)C)c2ccc3ccccc3c2)cc1. The fraction of sp³-hybridized carbons (Fsp3) is 0.182. The summed E-state index contributed by atoms with van der Waals surface area (Å²) in [6.07, 6.45) is -0.218. The lowest BCUT2D eigenvalue weighted by Gasteiger charge is -2.11. The number of methoxy groups -OCH3 is 1. The monoisotopic (exact) mass is 347 g/mol. The molecule has 0 N–H and O–H groups in total. The molecule has 0 bridgehead atoms. The highest BCUT2D eigenvalue weighted by Crippen LogP contribution is 2.21. The number of carbonyl (C=O) groups excluding carboxylic acids is 1. The van der Waals surface area contributed by atoms with E-state index in [1.807, 2.05) is 80.6 Å². The Labute approximate surface area is 153 Å². The topological polar surface area (TPSA) is 47.9 Å². The van der Waals surface area contributed by atoms with Gasteiger partial charge in [0.2, 0.25) is 0 Å². The highest BCUT2D eigenvalue weighted by Gasteiger charge is 2.18. The molecule has 0 aliphatic carbocycles. The molecule has 26 heavy (non-hydrogen) atoms. The molecule has 3 aromatic carbocycles. The van der Waals surface area contributed by atoms with Gasteiger partial charge in [-0.15, -0.1) is 0 Å². The van der Waals surface area contributed by atoms with Gasteiger partial charge in [0.05, 0.1) is 18.9 Å². The van der Waals surface area contributed by atoms with Gasteiger partial charge < -0.3 is 9.47 Å². The summed E-state index contributed by atoms with van der Waals surface area (Å²) in [4.78, 5) is 17.2. The van der Waals surface area contributed by atoms with Crippen LogP contribution in [0, 0.1) is 0 Å². The number of aliphatic imine (C=N–C) groups is 1. The van der Waals surface area contributed by atoms with Crippen molar-refractivity contribution in [2.45, 2.75) is 20.0 Å². The van der Waals surface area contributed by atoms with E-state index in [0.717, 1.165) is 22.1 Å². The van der Waals surface area contributed by atoms with E-state index < -0.39 is 5.97 Å². The molecule has 0 amide bonds. The molecule has 0 unspecified atom stereocenters. The Hall–Kier alpha value is -3.14. The molecule has 0 fully saturated rings. The summed E-state index contributed by atoms with van der Waals surface area (Å²) in [5, 5.41) is 2.15. The first-order chi connectivity index (χ1) is 12.6. The second-order valence-electron chi connectivity index (χ2n) is 6.17. The molecule has 0 spiro atoms. The van der Waals surface area contributed by atoms with Gasteiger partial charge in [0.1, 0.15) is 5.75 Å². The predicted octanol–water partition coefficient (Wildman–Crippen LogP) is 4.92. The van der Waals surface area contributed by atoms with Gasteiger partial charge in [-0.1, -0.05) is 36.4 Å². The molecule has 0 aromatic heterocycles. The number of hydrogen-bond acceptors (Lipinski definition) is 4. The van der Waals surface area contributed by atoms with E-state index in [1.54, 1.807) is 7.11 Å². The Morgan fingerprint density at radius 3 is 2.27 bits per heavy atom. The molecule has 3 rings (SSSR count). The molecule has 132 valence electrons. The van der Waals surface area contributed by atoms with Crippen molar-refractivity contribution in [1.82, 2.24) is 0 Å². The zero-order chi connectivity index (χ0) is 18.5. The van der Waals surface area contributed by atoms with Crippen LogP contribution in [0.2, 0.25) is 0 Å². The van der Waals surface area contributed by atoms with Gasteiger partial charge in [-0.05, 0) is 55.0 Å². The number of nitrogens with zero attached hydrogens (tertiary/aromatic N) is 1. The Balaban J connectivity index is 2.06. The third kappa shape index (κ3) is 4.09. The fourth-order valence-corrected chi connectivity index (χ4v) is 2.62. The van der Waals surface area contributed by atoms with Crippen LogP contribution in [0.4, 0.5) is 5.69 Å². The zero-order valence-corrected chi connectivity index (χ0v) is 15.1. The Bertz CT molecular complexity index is 943. The molecule has 0 radical (unpaired) electrons. The van der Waals surface area contributed by atoms with Gasteiger partial charge in [0, 0.05) is 5.56 Å². The zero-order valence-electron chi connectivity index (χ0n) is 15.1. The number of rotatable bonds is 5. The van der Waals surface area contributed by atoms with Gasteiger partial charge in [-0.2, -0.15) is 0 Å². The quantitative estimate of drug-likeness (QED) is 0.486. The van der Waals surface area contributed by atoms with Crippen LogP contribution < -0.4 is 4.74 Å². The normalized spacial score (nSPS) is 11.6. The smallest absolute Gasteiger partial charge is 0.357 e. The Kier molecular flexibility index (Phi) is 5.32. The van der Waals surface area contributed by atoms with Crippen LogP contribution >= 0.6 is 0 Å². The summed E-state index contributed by atoms with van der Waals surface area (Å²) in [7, 11) is 1.61. The number of carbonyl (C=O) groups is 1. The van der Waals surface area contributed by atoms with Crippen molar-refractivity contribution in [3.8, 4) is 5.75 Å². The van der Waals surface area contributed by atoms with E-state index in [0.29, 0.717) is 5.69 Å². The van der Waals surface area contributed by atoms with Gasteiger partial charge in [-0.3, -0.25) is 0 Å². The maximum Gasteiger partial charge on any atom is 0.357 e. The van der Waals surface area contributed by atoms with E-state index in [9.17, 15) is 4.79 Å².